The molecule has 1 rings (SSSR count). The van der Waals surface area contributed by atoms with E-state index in [4.69, 9.17) is 4.74 Å². The third-order valence-electron chi connectivity index (χ3n) is 5.19. The quantitative estimate of drug-likeness (QED) is 0.174. The molecule has 30 heavy (non-hydrogen) atoms. The molecule has 0 spiro atoms. The monoisotopic (exact) mass is 440 g/mol. The van der Waals surface area contributed by atoms with Crippen LogP contribution in [0.2, 0.25) is 0 Å². The minimum absolute atomic E-state index is 0. The molecule has 1 aliphatic heterocycles. The summed E-state index contributed by atoms with van der Waals surface area (Å²) in [6, 6.07) is 0. The summed E-state index contributed by atoms with van der Waals surface area (Å²) in [7, 11) is 0. The molecule has 1 heterocycles. The van der Waals surface area contributed by atoms with Crippen molar-refractivity contribution in [3.05, 3.63) is 11.5 Å². The Morgan fingerprint density at radius 1 is 0.967 bits per heavy atom. The molecule has 0 saturated carbocycles. The maximum absolute atomic E-state index is 11.7. The van der Waals surface area contributed by atoms with Crippen LogP contribution in [0.3, 0.4) is 0 Å². The van der Waals surface area contributed by atoms with E-state index in [1.54, 1.807) is 0 Å². The van der Waals surface area contributed by atoms with Crippen molar-refractivity contribution in [2.45, 2.75) is 109 Å². The molecule has 0 saturated heterocycles. The minimum atomic E-state index is -1.42. The summed E-state index contributed by atoms with van der Waals surface area (Å²) in [4.78, 5) is 22.8. The number of aliphatic hydroxyl groups is 3. The number of ether oxygens (including phenoxy) is 2. The molecule has 0 aromatic heterocycles. The normalized spacial score (nSPS) is 16.9. The Labute approximate surface area is 199 Å². The fourth-order valence-corrected chi connectivity index (χ4v) is 3.35. The van der Waals surface area contributed by atoms with E-state index < -0.39 is 42.3 Å². The first-order valence-corrected chi connectivity index (χ1v) is 11.1. The van der Waals surface area contributed by atoms with Gasteiger partial charge in [0.05, 0.1) is 0 Å². The Balaban J connectivity index is -0.00000280. The van der Waals surface area contributed by atoms with E-state index in [1.807, 2.05) is 0 Å². The SMILES string of the molecule is CCCCCCCCCCCCCCCC(=O)OC[C@H](O)[C@H]1OC(=O)C(O)=C1O.[H-].[H-].[Mg+2]. The average Bonchev–Trinajstić information content (AvgIpc) is 2.97. The summed E-state index contributed by atoms with van der Waals surface area (Å²) in [6.07, 6.45) is 13.4. The van der Waals surface area contributed by atoms with Crippen LogP contribution in [0.25, 0.3) is 0 Å². The van der Waals surface area contributed by atoms with Crippen LogP contribution in [-0.4, -0.2) is 69.1 Å². The topological polar surface area (TPSA) is 113 Å². The number of hydrogen-bond acceptors (Lipinski definition) is 7. The zero-order valence-corrected chi connectivity index (χ0v) is 19.9. The smallest absolute Gasteiger partial charge is 1.00 e. The summed E-state index contributed by atoms with van der Waals surface area (Å²) in [5.41, 5.74) is 0. The van der Waals surface area contributed by atoms with Gasteiger partial charge >= 0.3 is 35.0 Å². The van der Waals surface area contributed by atoms with Gasteiger partial charge in [-0.15, -0.1) is 0 Å². The third kappa shape index (κ3) is 12.0. The second-order valence-electron chi connectivity index (χ2n) is 7.80. The van der Waals surface area contributed by atoms with Gasteiger partial charge in [0.15, 0.2) is 11.9 Å². The first kappa shape index (κ1) is 29.0. The molecule has 0 fully saturated rings. The van der Waals surface area contributed by atoms with Crippen LogP contribution in [-0.2, 0) is 19.1 Å². The van der Waals surface area contributed by atoms with E-state index in [2.05, 4.69) is 11.7 Å². The van der Waals surface area contributed by atoms with Crippen molar-refractivity contribution in [3.63, 3.8) is 0 Å². The Morgan fingerprint density at radius 2 is 1.43 bits per heavy atom. The average molecular weight is 441 g/mol. The molecule has 0 aromatic carbocycles. The molecule has 0 radical (unpaired) electrons. The van der Waals surface area contributed by atoms with E-state index in [0.717, 1.165) is 19.3 Å². The number of aliphatic hydroxyl groups excluding tert-OH is 3. The Kier molecular flexibility index (Phi) is 17.1. The van der Waals surface area contributed by atoms with E-state index >= 15 is 0 Å². The predicted octanol–water partition coefficient (Wildman–Crippen LogP) is 4.47. The largest absolute Gasteiger partial charge is 2.00 e. The van der Waals surface area contributed by atoms with Crippen LogP contribution in [0.15, 0.2) is 11.5 Å². The molecule has 2 atom stereocenters. The molecule has 172 valence electrons. The molecule has 0 unspecified atom stereocenters. The summed E-state index contributed by atoms with van der Waals surface area (Å²) < 4.78 is 9.55. The molecule has 0 aliphatic carbocycles. The number of unbranched alkanes of at least 4 members (excludes halogenated alkanes) is 12. The van der Waals surface area contributed by atoms with Crippen molar-refractivity contribution < 1.29 is 37.2 Å². The molecule has 0 aromatic rings. The Hall–Kier alpha value is -0.994. The molecule has 3 N–H and O–H groups in total. The molecule has 1 aliphatic rings. The van der Waals surface area contributed by atoms with Gasteiger partial charge < -0.3 is 27.6 Å². The van der Waals surface area contributed by atoms with Gasteiger partial charge in [0.2, 0.25) is 5.76 Å². The Bertz CT molecular complexity index is 532. The predicted molar refractivity (Wildman–Crippen MR) is 117 cm³/mol. The van der Waals surface area contributed by atoms with Gasteiger partial charge in [-0.2, -0.15) is 0 Å². The zero-order chi connectivity index (χ0) is 21.5. The van der Waals surface area contributed by atoms with E-state index in [-0.39, 0.29) is 32.3 Å². The van der Waals surface area contributed by atoms with Gasteiger partial charge in [-0.05, 0) is 6.42 Å². The molecule has 0 bridgehead atoms. The molecule has 8 heteroatoms. The van der Waals surface area contributed by atoms with Crippen LogP contribution < -0.4 is 0 Å². The van der Waals surface area contributed by atoms with E-state index in [9.17, 15) is 24.9 Å². The first-order chi connectivity index (χ1) is 14.0. The molecule has 0 amide bonds. The van der Waals surface area contributed by atoms with Crippen LogP contribution in [0.4, 0.5) is 0 Å². The standard InChI is InChI=1S/C22H38O7.Mg.2H/c1-2-3-4-5-6-7-8-9-10-11-12-13-14-15-18(24)28-16-17(23)21-19(25)20(26)22(27)29-21;;;/h17,21,23,25-26H,2-16H2,1H3;;;/q;+2;2*-1/t17-,21+;;;/m0.../s1. The van der Waals surface area contributed by atoms with E-state index in [0.29, 0.717) is 0 Å². The fourth-order valence-electron chi connectivity index (χ4n) is 3.35. The summed E-state index contributed by atoms with van der Waals surface area (Å²) in [5.74, 6) is -3.21. The second-order valence-corrected chi connectivity index (χ2v) is 7.80. The number of carbonyl (C=O) groups is 2. The van der Waals surface area contributed by atoms with Crippen molar-refractivity contribution in [1.29, 1.82) is 0 Å². The zero-order valence-electron chi connectivity index (χ0n) is 20.4. The second kappa shape index (κ2) is 17.7. The fraction of sp³-hybridized carbons (Fsp3) is 0.818. The summed E-state index contributed by atoms with van der Waals surface area (Å²) >= 11 is 0. The number of hydrogen-bond donors (Lipinski definition) is 3. The number of cyclic esters (lactones) is 1. The van der Waals surface area contributed by atoms with Crippen LogP contribution in [0.5, 0.6) is 0 Å². The van der Waals surface area contributed by atoms with Gasteiger partial charge in [0.1, 0.15) is 12.7 Å². The Morgan fingerprint density at radius 3 is 1.87 bits per heavy atom. The van der Waals surface area contributed by atoms with Gasteiger partial charge in [-0.25, -0.2) is 4.79 Å². The van der Waals surface area contributed by atoms with Crippen LogP contribution in [0.1, 0.15) is 99.7 Å². The summed E-state index contributed by atoms with van der Waals surface area (Å²) in [6.45, 7) is 1.83. The first-order valence-electron chi connectivity index (χ1n) is 11.1. The number of esters is 2. The maximum atomic E-state index is 11.7. The van der Waals surface area contributed by atoms with Gasteiger partial charge in [0.25, 0.3) is 0 Å². The van der Waals surface area contributed by atoms with Gasteiger partial charge in [-0.3, -0.25) is 4.79 Å². The van der Waals surface area contributed by atoms with Crippen molar-refractivity contribution in [3.8, 4) is 0 Å². The third-order valence-corrected chi connectivity index (χ3v) is 5.19. The molecular weight excluding hydrogens is 401 g/mol. The molecular formula is C22H40MgO7. The van der Waals surface area contributed by atoms with Crippen molar-refractivity contribution in [2.75, 3.05) is 6.61 Å². The summed E-state index contributed by atoms with van der Waals surface area (Å²) in [5, 5.41) is 28.5. The number of rotatable bonds is 17. The van der Waals surface area contributed by atoms with Crippen molar-refractivity contribution >= 4 is 35.0 Å². The van der Waals surface area contributed by atoms with Crippen molar-refractivity contribution in [2.24, 2.45) is 0 Å². The van der Waals surface area contributed by atoms with Crippen molar-refractivity contribution in [1.82, 2.24) is 0 Å². The van der Waals surface area contributed by atoms with Gasteiger partial charge in [0, 0.05) is 6.42 Å². The number of carbonyl (C=O) groups excluding carboxylic acids is 2. The van der Waals surface area contributed by atoms with E-state index in [1.165, 1.54) is 64.2 Å². The minimum Gasteiger partial charge on any atom is -1.00 e. The maximum Gasteiger partial charge on any atom is 2.00 e. The van der Waals surface area contributed by atoms with Crippen LogP contribution >= 0.6 is 0 Å². The van der Waals surface area contributed by atoms with Gasteiger partial charge in [-0.1, -0.05) is 84.0 Å². The van der Waals surface area contributed by atoms with Crippen LogP contribution in [0, 0.1) is 0 Å². The molecule has 7 nitrogen and oxygen atoms in total.